The van der Waals surface area contributed by atoms with Crippen LogP contribution in [-0.4, -0.2) is 16.1 Å². The summed E-state index contributed by atoms with van der Waals surface area (Å²) in [7, 11) is 0. The summed E-state index contributed by atoms with van der Waals surface area (Å²) in [5.74, 6) is -1.36. The van der Waals surface area contributed by atoms with Gasteiger partial charge in [0.1, 0.15) is 11.4 Å². The van der Waals surface area contributed by atoms with Crippen LogP contribution in [0.4, 0.5) is 8.78 Å². The molecular formula is C7H4ClF2NO2. The SMILES string of the molecule is O=C(O)c1ccc(Cl)c(C(F)F)n1. The van der Waals surface area contributed by atoms with E-state index in [1.807, 2.05) is 0 Å². The van der Waals surface area contributed by atoms with E-state index in [0.717, 1.165) is 12.1 Å². The summed E-state index contributed by atoms with van der Waals surface area (Å²) in [6, 6.07) is 2.15. The van der Waals surface area contributed by atoms with Gasteiger partial charge in [-0.2, -0.15) is 0 Å². The van der Waals surface area contributed by atoms with Crippen LogP contribution in [0.1, 0.15) is 22.6 Å². The molecule has 0 aliphatic rings. The third kappa shape index (κ3) is 2.12. The Morgan fingerprint density at radius 2 is 2.15 bits per heavy atom. The van der Waals surface area contributed by atoms with Crippen molar-refractivity contribution < 1.29 is 18.7 Å². The molecule has 0 bridgehead atoms. The van der Waals surface area contributed by atoms with Crippen molar-refractivity contribution in [2.24, 2.45) is 0 Å². The van der Waals surface area contributed by atoms with Crippen molar-refractivity contribution in [1.29, 1.82) is 0 Å². The van der Waals surface area contributed by atoms with Crippen LogP contribution in [-0.2, 0) is 0 Å². The second-order valence-corrected chi connectivity index (χ2v) is 2.58. The van der Waals surface area contributed by atoms with Crippen LogP contribution in [0.3, 0.4) is 0 Å². The number of halogens is 3. The number of carboxylic acid groups (broad SMARTS) is 1. The first-order valence-electron chi connectivity index (χ1n) is 3.20. The quantitative estimate of drug-likeness (QED) is 0.810. The second-order valence-electron chi connectivity index (χ2n) is 2.17. The number of pyridine rings is 1. The molecule has 1 heterocycles. The molecule has 1 aromatic heterocycles. The highest BCUT2D eigenvalue weighted by molar-refractivity contribution is 6.31. The van der Waals surface area contributed by atoms with E-state index in [1.165, 1.54) is 0 Å². The van der Waals surface area contributed by atoms with Crippen molar-refractivity contribution in [2.75, 3.05) is 0 Å². The second kappa shape index (κ2) is 3.66. The molecule has 1 aromatic rings. The number of carboxylic acids is 1. The summed E-state index contributed by atoms with van der Waals surface area (Å²) in [6.45, 7) is 0. The molecule has 1 N–H and O–H groups in total. The molecule has 3 nitrogen and oxygen atoms in total. The van der Waals surface area contributed by atoms with E-state index in [2.05, 4.69) is 4.98 Å². The Hall–Kier alpha value is -1.23. The number of hydrogen-bond donors (Lipinski definition) is 1. The zero-order valence-corrected chi connectivity index (χ0v) is 6.92. The van der Waals surface area contributed by atoms with E-state index in [1.54, 1.807) is 0 Å². The predicted molar refractivity (Wildman–Crippen MR) is 41.2 cm³/mol. The summed E-state index contributed by atoms with van der Waals surface area (Å²) in [5, 5.41) is 8.20. The highest BCUT2D eigenvalue weighted by atomic mass is 35.5. The Bertz CT molecular complexity index is 343. The van der Waals surface area contributed by atoms with E-state index >= 15 is 0 Å². The molecule has 0 aliphatic carbocycles. The van der Waals surface area contributed by atoms with Gasteiger partial charge in [-0.25, -0.2) is 18.6 Å². The average molecular weight is 208 g/mol. The molecule has 0 aromatic carbocycles. The number of rotatable bonds is 2. The van der Waals surface area contributed by atoms with Crippen molar-refractivity contribution in [1.82, 2.24) is 4.98 Å². The van der Waals surface area contributed by atoms with Crippen LogP contribution in [0.25, 0.3) is 0 Å². The molecule has 13 heavy (non-hydrogen) atoms. The molecule has 0 saturated heterocycles. The molecule has 0 fully saturated rings. The zero-order valence-electron chi connectivity index (χ0n) is 6.17. The monoisotopic (exact) mass is 207 g/mol. The highest BCUT2D eigenvalue weighted by Gasteiger charge is 2.16. The van der Waals surface area contributed by atoms with Crippen LogP contribution in [0, 0.1) is 0 Å². The highest BCUT2D eigenvalue weighted by Crippen LogP contribution is 2.24. The molecule has 0 atom stereocenters. The van der Waals surface area contributed by atoms with E-state index in [0.29, 0.717) is 0 Å². The van der Waals surface area contributed by atoms with Crippen molar-refractivity contribution >= 4 is 17.6 Å². The fraction of sp³-hybridized carbons (Fsp3) is 0.143. The Labute approximate surface area is 77.0 Å². The fourth-order valence-electron chi connectivity index (χ4n) is 0.730. The largest absolute Gasteiger partial charge is 0.477 e. The maximum absolute atomic E-state index is 12.1. The van der Waals surface area contributed by atoms with Gasteiger partial charge in [-0.1, -0.05) is 11.6 Å². The number of nitrogens with zero attached hydrogens (tertiary/aromatic N) is 1. The van der Waals surface area contributed by atoms with Crippen molar-refractivity contribution in [3.8, 4) is 0 Å². The standard InChI is InChI=1S/C7H4ClF2NO2/c8-3-1-2-4(7(12)13)11-5(3)6(9)10/h1-2,6H,(H,12,13). The maximum atomic E-state index is 12.1. The van der Waals surface area contributed by atoms with E-state index in [9.17, 15) is 13.6 Å². The van der Waals surface area contributed by atoms with Crippen molar-refractivity contribution in [3.63, 3.8) is 0 Å². The van der Waals surface area contributed by atoms with Gasteiger partial charge < -0.3 is 5.11 Å². The molecule has 0 saturated carbocycles. The van der Waals surface area contributed by atoms with Gasteiger partial charge in [-0.15, -0.1) is 0 Å². The number of aromatic carboxylic acids is 1. The summed E-state index contributed by atoms with van der Waals surface area (Å²) >= 11 is 5.36. The van der Waals surface area contributed by atoms with Gasteiger partial charge in [0.2, 0.25) is 0 Å². The van der Waals surface area contributed by atoms with Crippen LogP contribution in [0.5, 0.6) is 0 Å². The molecule has 1 rings (SSSR count). The summed E-state index contributed by atoms with van der Waals surface area (Å²) < 4.78 is 24.3. The van der Waals surface area contributed by atoms with Crippen molar-refractivity contribution in [2.45, 2.75) is 6.43 Å². The van der Waals surface area contributed by atoms with Gasteiger partial charge in [0.05, 0.1) is 5.02 Å². The molecule has 0 radical (unpaired) electrons. The van der Waals surface area contributed by atoms with E-state index in [-0.39, 0.29) is 5.02 Å². The Morgan fingerprint density at radius 3 is 2.62 bits per heavy atom. The molecule has 70 valence electrons. The van der Waals surface area contributed by atoms with Crippen LogP contribution in [0.15, 0.2) is 12.1 Å². The topological polar surface area (TPSA) is 50.2 Å². The normalized spacial score (nSPS) is 10.5. The first-order chi connectivity index (χ1) is 6.02. The van der Waals surface area contributed by atoms with Gasteiger partial charge in [-0.05, 0) is 12.1 Å². The molecule has 0 aliphatic heterocycles. The van der Waals surface area contributed by atoms with Crippen LogP contribution < -0.4 is 0 Å². The van der Waals surface area contributed by atoms with Crippen LogP contribution >= 0.6 is 11.6 Å². The third-order valence-electron chi connectivity index (χ3n) is 1.30. The van der Waals surface area contributed by atoms with Crippen molar-refractivity contribution in [3.05, 3.63) is 28.5 Å². The minimum absolute atomic E-state index is 0.236. The van der Waals surface area contributed by atoms with Gasteiger partial charge in [0, 0.05) is 0 Å². The van der Waals surface area contributed by atoms with E-state index < -0.39 is 23.8 Å². The minimum atomic E-state index is -2.87. The molecule has 0 spiro atoms. The first kappa shape index (κ1) is 9.85. The molecule has 0 unspecified atom stereocenters. The van der Waals surface area contributed by atoms with E-state index in [4.69, 9.17) is 16.7 Å². The minimum Gasteiger partial charge on any atom is -0.477 e. The lowest BCUT2D eigenvalue weighted by Gasteiger charge is -2.02. The Morgan fingerprint density at radius 1 is 1.54 bits per heavy atom. The fourth-order valence-corrected chi connectivity index (χ4v) is 0.918. The van der Waals surface area contributed by atoms with Gasteiger partial charge in [0.15, 0.2) is 0 Å². The lowest BCUT2D eigenvalue weighted by molar-refractivity contribution is 0.0689. The zero-order chi connectivity index (χ0) is 10.0. The number of carbonyl (C=O) groups is 1. The van der Waals surface area contributed by atoms with Gasteiger partial charge >= 0.3 is 5.97 Å². The molecule has 6 heteroatoms. The van der Waals surface area contributed by atoms with Crippen LogP contribution in [0.2, 0.25) is 5.02 Å². The lowest BCUT2D eigenvalue weighted by atomic mass is 10.3. The molecular weight excluding hydrogens is 204 g/mol. The molecule has 0 amide bonds. The Balaban J connectivity index is 3.19. The third-order valence-corrected chi connectivity index (χ3v) is 1.62. The number of aromatic nitrogens is 1. The Kier molecular flexibility index (Phi) is 2.77. The number of alkyl halides is 2. The lowest BCUT2D eigenvalue weighted by Crippen LogP contribution is -2.03. The van der Waals surface area contributed by atoms with Gasteiger partial charge in [0.25, 0.3) is 6.43 Å². The number of hydrogen-bond acceptors (Lipinski definition) is 2. The van der Waals surface area contributed by atoms with Gasteiger partial charge in [-0.3, -0.25) is 0 Å². The summed E-state index contributed by atoms with van der Waals surface area (Å²) in [4.78, 5) is 13.5. The first-order valence-corrected chi connectivity index (χ1v) is 3.58. The summed E-state index contributed by atoms with van der Waals surface area (Å²) in [5.41, 5.74) is -1.15. The average Bonchev–Trinajstić information content (AvgIpc) is 2.04. The summed E-state index contributed by atoms with van der Waals surface area (Å²) in [6.07, 6.45) is -2.87. The smallest absolute Gasteiger partial charge is 0.354 e. The predicted octanol–water partition coefficient (Wildman–Crippen LogP) is 2.37. The maximum Gasteiger partial charge on any atom is 0.354 e.